The van der Waals surface area contributed by atoms with Crippen molar-refractivity contribution in [2.24, 2.45) is 0 Å². The van der Waals surface area contributed by atoms with Crippen molar-refractivity contribution in [1.29, 1.82) is 0 Å². The number of fused-ring (bicyclic) bond motifs is 1. The lowest BCUT2D eigenvalue weighted by atomic mass is 10.1. The Hall–Kier alpha value is -2.80. The first-order chi connectivity index (χ1) is 11.5. The van der Waals surface area contributed by atoms with Crippen LogP contribution in [-0.4, -0.2) is 16.8 Å². The second-order valence-electron chi connectivity index (χ2n) is 5.24. The third-order valence-corrected chi connectivity index (χ3v) is 4.14. The van der Waals surface area contributed by atoms with Crippen molar-refractivity contribution in [3.05, 3.63) is 53.8 Å². The third kappa shape index (κ3) is 3.94. The number of rotatable bonds is 4. The zero-order chi connectivity index (χ0) is 17.1. The number of hydrogen-bond donors (Lipinski definition) is 2. The molecule has 3 rings (SSSR count). The van der Waals surface area contributed by atoms with Gasteiger partial charge in [0.15, 0.2) is 5.13 Å². The zero-order valence-electron chi connectivity index (χ0n) is 12.8. The van der Waals surface area contributed by atoms with Crippen LogP contribution in [0.3, 0.4) is 0 Å². The summed E-state index contributed by atoms with van der Waals surface area (Å²) in [5.41, 5.74) is 2.00. The molecule has 0 saturated heterocycles. The topological polar surface area (TPSA) is 71.1 Å². The quantitative estimate of drug-likeness (QED) is 0.761. The lowest BCUT2D eigenvalue weighted by Crippen LogP contribution is -2.14. The number of benzene rings is 2. The van der Waals surface area contributed by atoms with E-state index in [-0.39, 0.29) is 18.2 Å². The molecular formula is C17H14FN3O2S. The van der Waals surface area contributed by atoms with Gasteiger partial charge in [-0.3, -0.25) is 9.59 Å². The first-order valence-corrected chi connectivity index (χ1v) is 8.04. The maximum absolute atomic E-state index is 13.1. The van der Waals surface area contributed by atoms with E-state index in [1.807, 2.05) is 18.2 Å². The molecule has 7 heteroatoms. The fourth-order valence-corrected chi connectivity index (χ4v) is 3.22. The molecule has 2 amide bonds. The number of nitrogens with one attached hydrogen (secondary N) is 2. The van der Waals surface area contributed by atoms with E-state index in [0.29, 0.717) is 10.8 Å². The van der Waals surface area contributed by atoms with Gasteiger partial charge in [-0.2, -0.15) is 0 Å². The highest BCUT2D eigenvalue weighted by Gasteiger charge is 2.09. The molecule has 0 fully saturated rings. The molecule has 0 atom stereocenters. The Kier molecular flexibility index (Phi) is 4.52. The second-order valence-corrected chi connectivity index (χ2v) is 6.27. The van der Waals surface area contributed by atoms with Crippen molar-refractivity contribution in [2.45, 2.75) is 13.3 Å². The molecule has 0 aliphatic heterocycles. The Morgan fingerprint density at radius 3 is 2.75 bits per heavy atom. The number of anilines is 2. The molecule has 0 aliphatic carbocycles. The van der Waals surface area contributed by atoms with Gasteiger partial charge in [0.2, 0.25) is 11.8 Å². The smallest absolute Gasteiger partial charge is 0.228 e. The van der Waals surface area contributed by atoms with Crippen LogP contribution in [0.2, 0.25) is 0 Å². The van der Waals surface area contributed by atoms with Crippen LogP contribution in [-0.2, 0) is 16.0 Å². The molecule has 0 unspecified atom stereocenters. The van der Waals surface area contributed by atoms with E-state index in [4.69, 9.17) is 0 Å². The number of carbonyl (C=O) groups excluding carboxylic acids is 2. The largest absolute Gasteiger partial charge is 0.326 e. The number of thiazole rings is 1. The summed E-state index contributed by atoms with van der Waals surface area (Å²) in [6.07, 6.45) is 0.166. The van der Waals surface area contributed by atoms with E-state index < -0.39 is 5.82 Å². The summed E-state index contributed by atoms with van der Waals surface area (Å²) in [4.78, 5) is 27.4. The van der Waals surface area contributed by atoms with Crippen LogP contribution in [0, 0.1) is 5.82 Å². The average molecular weight is 343 g/mol. The minimum Gasteiger partial charge on any atom is -0.326 e. The Labute approximate surface area is 141 Å². The summed E-state index contributed by atoms with van der Waals surface area (Å²) in [6, 6.07) is 11.2. The van der Waals surface area contributed by atoms with Gasteiger partial charge in [0, 0.05) is 12.6 Å². The third-order valence-electron chi connectivity index (χ3n) is 3.21. The predicted octanol–water partition coefficient (Wildman–Crippen LogP) is 3.58. The Balaban J connectivity index is 1.72. The number of hydrogen-bond acceptors (Lipinski definition) is 4. The van der Waals surface area contributed by atoms with Crippen LogP contribution in [0.4, 0.5) is 15.2 Å². The van der Waals surface area contributed by atoms with Crippen LogP contribution in [0.5, 0.6) is 0 Å². The van der Waals surface area contributed by atoms with Crippen LogP contribution < -0.4 is 10.6 Å². The summed E-state index contributed by atoms with van der Waals surface area (Å²) in [6.45, 7) is 1.42. The van der Waals surface area contributed by atoms with Gasteiger partial charge in [-0.1, -0.05) is 23.5 Å². The summed E-state index contributed by atoms with van der Waals surface area (Å²) in [7, 11) is 0. The van der Waals surface area contributed by atoms with Crippen LogP contribution in [0.1, 0.15) is 12.5 Å². The molecule has 1 heterocycles. The van der Waals surface area contributed by atoms with Gasteiger partial charge in [0.25, 0.3) is 0 Å². The van der Waals surface area contributed by atoms with Crippen molar-refractivity contribution in [1.82, 2.24) is 4.98 Å². The van der Waals surface area contributed by atoms with E-state index in [1.54, 1.807) is 6.07 Å². The molecule has 2 N–H and O–H groups in total. The maximum Gasteiger partial charge on any atom is 0.228 e. The van der Waals surface area contributed by atoms with E-state index in [2.05, 4.69) is 15.6 Å². The molecule has 24 heavy (non-hydrogen) atoms. The number of aromatic nitrogens is 1. The highest BCUT2D eigenvalue weighted by molar-refractivity contribution is 7.22. The van der Waals surface area contributed by atoms with Gasteiger partial charge in [-0.05, 0) is 35.9 Å². The number of halogens is 1. The van der Waals surface area contributed by atoms with Gasteiger partial charge in [-0.25, -0.2) is 9.37 Å². The van der Waals surface area contributed by atoms with Gasteiger partial charge < -0.3 is 10.6 Å². The van der Waals surface area contributed by atoms with Crippen molar-refractivity contribution >= 4 is 44.2 Å². The molecule has 0 bridgehead atoms. The highest BCUT2D eigenvalue weighted by atomic mass is 32.1. The van der Waals surface area contributed by atoms with E-state index in [9.17, 15) is 14.0 Å². The molecule has 122 valence electrons. The van der Waals surface area contributed by atoms with Gasteiger partial charge in [0.05, 0.1) is 16.6 Å². The Morgan fingerprint density at radius 2 is 2.00 bits per heavy atom. The minimum atomic E-state index is -0.399. The first-order valence-electron chi connectivity index (χ1n) is 7.22. The molecule has 0 saturated carbocycles. The molecule has 0 aliphatic rings. The Bertz CT molecular complexity index is 923. The average Bonchev–Trinajstić information content (AvgIpc) is 2.87. The van der Waals surface area contributed by atoms with Crippen LogP contribution in [0.15, 0.2) is 42.5 Å². The minimum absolute atomic E-state index is 0.166. The first kappa shape index (κ1) is 16.1. The zero-order valence-corrected chi connectivity index (χ0v) is 13.6. The molecule has 0 radical (unpaired) electrons. The molecule has 2 aromatic carbocycles. The lowest BCUT2D eigenvalue weighted by molar-refractivity contribution is -0.116. The van der Waals surface area contributed by atoms with Crippen LogP contribution >= 0.6 is 11.3 Å². The summed E-state index contributed by atoms with van der Waals surface area (Å²) >= 11 is 1.35. The summed E-state index contributed by atoms with van der Waals surface area (Å²) in [5.74, 6) is -0.806. The van der Waals surface area contributed by atoms with Gasteiger partial charge >= 0.3 is 0 Å². The van der Waals surface area contributed by atoms with Gasteiger partial charge in [-0.15, -0.1) is 0 Å². The van der Waals surface area contributed by atoms with Crippen LogP contribution in [0.25, 0.3) is 10.2 Å². The van der Waals surface area contributed by atoms with Crippen molar-refractivity contribution < 1.29 is 14.0 Å². The highest BCUT2D eigenvalue weighted by Crippen LogP contribution is 2.27. The molecule has 1 aromatic heterocycles. The monoisotopic (exact) mass is 343 g/mol. The molecule has 3 aromatic rings. The Morgan fingerprint density at radius 1 is 1.17 bits per heavy atom. The molecule has 0 spiro atoms. The fourth-order valence-electron chi connectivity index (χ4n) is 2.24. The number of amides is 2. The van der Waals surface area contributed by atoms with Crippen molar-refractivity contribution in [2.75, 3.05) is 10.6 Å². The maximum atomic E-state index is 13.1. The number of nitrogens with zero attached hydrogens (tertiary/aromatic N) is 1. The summed E-state index contributed by atoms with van der Waals surface area (Å²) in [5, 5.41) is 5.84. The lowest BCUT2D eigenvalue weighted by Gasteiger charge is -2.05. The van der Waals surface area contributed by atoms with E-state index in [0.717, 1.165) is 15.8 Å². The van der Waals surface area contributed by atoms with Crippen molar-refractivity contribution in [3.63, 3.8) is 0 Å². The van der Waals surface area contributed by atoms with E-state index in [1.165, 1.54) is 36.5 Å². The van der Waals surface area contributed by atoms with E-state index >= 15 is 0 Å². The standard InChI is InChI=1S/C17H14FN3O2S/c1-10(22)19-17-21-14-6-5-11(7-15(14)24-17)8-16(23)20-13-4-2-3-12(18)9-13/h2-7,9H,8H2,1H3,(H,20,23)(H,19,21,22). The second kappa shape index (κ2) is 6.76. The normalized spacial score (nSPS) is 10.6. The molecule has 5 nitrogen and oxygen atoms in total. The van der Waals surface area contributed by atoms with Crippen molar-refractivity contribution in [3.8, 4) is 0 Å². The van der Waals surface area contributed by atoms with Gasteiger partial charge in [0.1, 0.15) is 5.82 Å². The summed E-state index contributed by atoms with van der Waals surface area (Å²) < 4.78 is 14.0. The fraction of sp³-hybridized carbons (Fsp3) is 0.118. The molecular weight excluding hydrogens is 329 g/mol. The SMILES string of the molecule is CC(=O)Nc1nc2ccc(CC(=O)Nc3cccc(F)c3)cc2s1. The number of carbonyl (C=O) groups is 2. The predicted molar refractivity (Wildman–Crippen MR) is 92.7 cm³/mol.